The summed E-state index contributed by atoms with van der Waals surface area (Å²) in [7, 11) is 0. The van der Waals surface area contributed by atoms with Crippen LogP contribution >= 0.6 is 11.3 Å². The zero-order valence-electron chi connectivity index (χ0n) is 26.5. The Bertz CT molecular complexity index is 2860. The van der Waals surface area contributed by atoms with E-state index in [0.29, 0.717) is 0 Å². The molecule has 0 aliphatic rings. The van der Waals surface area contributed by atoms with E-state index in [1.807, 2.05) is 17.4 Å². The predicted octanol–water partition coefficient (Wildman–Crippen LogP) is 13.9. The Labute approximate surface area is 287 Å². The third-order valence-corrected chi connectivity index (χ3v) is 10.8. The molecule has 0 aliphatic heterocycles. The van der Waals surface area contributed by atoms with Crippen molar-refractivity contribution in [1.29, 1.82) is 0 Å². The van der Waals surface area contributed by atoms with E-state index in [1.165, 1.54) is 53.2 Å². The molecule has 0 unspecified atom stereocenters. The molecule has 0 amide bonds. The fourth-order valence-electron chi connectivity index (χ4n) is 7.29. The van der Waals surface area contributed by atoms with Crippen molar-refractivity contribution >= 4 is 81.3 Å². The first-order valence-corrected chi connectivity index (χ1v) is 17.4. The van der Waals surface area contributed by atoms with Crippen LogP contribution in [0.5, 0.6) is 0 Å². The molecule has 10 aromatic rings. The first kappa shape index (κ1) is 27.9. The van der Waals surface area contributed by atoms with Crippen LogP contribution in [-0.2, 0) is 0 Å². The Morgan fingerprint density at radius 1 is 0.388 bits per heavy atom. The van der Waals surface area contributed by atoms with E-state index in [9.17, 15) is 0 Å². The van der Waals surface area contributed by atoms with Crippen molar-refractivity contribution in [2.75, 3.05) is 4.90 Å². The molecule has 2 aromatic heterocycles. The summed E-state index contributed by atoms with van der Waals surface area (Å²) >= 11 is 1.86. The number of anilines is 3. The van der Waals surface area contributed by atoms with Crippen molar-refractivity contribution in [2.24, 2.45) is 0 Å². The predicted molar refractivity (Wildman–Crippen MR) is 210 cm³/mol. The van der Waals surface area contributed by atoms with Gasteiger partial charge in [-0.1, -0.05) is 115 Å². The largest absolute Gasteiger partial charge is 0.456 e. The van der Waals surface area contributed by atoms with Crippen molar-refractivity contribution in [3.8, 4) is 22.3 Å². The van der Waals surface area contributed by atoms with Gasteiger partial charge < -0.3 is 9.32 Å². The molecule has 230 valence electrons. The number of fused-ring (bicyclic) bond motifs is 7. The zero-order valence-corrected chi connectivity index (χ0v) is 27.3. The molecule has 0 atom stereocenters. The number of furan rings is 1. The molecule has 2 heterocycles. The minimum absolute atomic E-state index is 0.876. The Kier molecular flexibility index (Phi) is 6.39. The van der Waals surface area contributed by atoms with Gasteiger partial charge in [-0.25, -0.2) is 0 Å². The molecule has 0 aliphatic carbocycles. The Morgan fingerprint density at radius 2 is 1.00 bits per heavy atom. The number of benzene rings is 8. The molecule has 0 saturated heterocycles. The summed E-state index contributed by atoms with van der Waals surface area (Å²) in [5, 5.41) is 7.32. The smallest absolute Gasteiger partial charge is 0.137 e. The van der Waals surface area contributed by atoms with Crippen LogP contribution in [-0.4, -0.2) is 0 Å². The lowest BCUT2D eigenvalue weighted by molar-refractivity contribution is 0.669. The number of hydrogen-bond donors (Lipinski definition) is 0. The maximum absolute atomic E-state index is 6.38. The van der Waals surface area contributed by atoms with Gasteiger partial charge in [-0.3, -0.25) is 0 Å². The monoisotopic (exact) mass is 643 g/mol. The first-order valence-electron chi connectivity index (χ1n) is 16.6. The van der Waals surface area contributed by atoms with Gasteiger partial charge in [-0.2, -0.15) is 0 Å². The highest BCUT2D eigenvalue weighted by molar-refractivity contribution is 7.25. The second-order valence-electron chi connectivity index (χ2n) is 12.6. The van der Waals surface area contributed by atoms with Crippen molar-refractivity contribution in [2.45, 2.75) is 0 Å². The van der Waals surface area contributed by atoms with E-state index in [4.69, 9.17) is 4.42 Å². The minimum atomic E-state index is 0.876. The molecule has 2 nitrogen and oxygen atoms in total. The number of rotatable bonds is 5. The Morgan fingerprint density at radius 3 is 1.84 bits per heavy atom. The van der Waals surface area contributed by atoms with E-state index < -0.39 is 0 Å². The molecule has 0 N–H and O–H groups in total. The Hall–Kier alpha value is -6.16. The molecule has 49 heavy (non-hydrogen) atoms. The highest BCUT2D eigenvalue weighted by Crippen LogP contribution is 2.45. The van der Waals surface area contributed by atoms with E-state index in [-0.39, 0.29) is 0 Å². The van der Waals surface area contributed by atoms with E-state index in [2.05, 4.69) is 175 Å². The summed E-state index contributed by atoms with van der Waals surface area (Å²) in [6, 6.07) is 63.3. The van der Waals surface area contributed by atoms with Gasteiger partial charge in [0.2, 0.25) is 0 Å². The SMILES string of the molecule is c1cc(-c2ccc3ccccc3c2)cc(N(c2cccc(-c3ccc4c(c3)sc3ccccc34)c2)c2cccc3oc4ccccc4c23)c1. The third kappa shape index (κ3) is 4.70. The second-order valence-corrected chi connectivity index (χ2v) is 13.6. The lowest BCUT2D eigenvalue weighted by Gasteiger charge is -2.27. The van der Waals surface area contributed by atoms with Crippen LogP contribution in [0.4, 0.5) is 17.1 Å². The number of para-hydroxylation sites is 1. The molecular weight excluding hydrogens is 615 g/mol. The van der Waals surface area contributed by atoms with Gasteiger partial charge in [-0.05, 0) is 93.7 Å². The quantitative estimate of drug-likeness (QED) is 0.186. The number of thiophene rings is 1. The summed E-state index contributed by atoms with van der Waals surface area (Å²) in [6.45, 7) is 0. The fraction of sp³-hybridized carbons (Fsp3) is 0. The molecule has 0 saturated carbocycles. The molecular formula is C46H29NOS. The second kappa shape index (κ2) is 11.2. The maximum atomic E-state index is 6.38. The minimum Gasteiger partial charge on any atom is -0.456 e. The van der Waals surface area contributed by atoms with Gasteiger partial charge in [0.1, 0.15) is 11.2 Å². The molecule has 8 aromatic carbocycles. The maximum Gasteiger partial charge on any atom is 0.137 e. The van der Waals surface area contributed by atoms with Crippen molar-refractivity contribution in [3.63, 3.8) is 0 Å². The third-order valence-electron chi connectivity index (χ3n) is 9.63. The van der Waals surface area contributed by atoms with E-state index >= 15 is 0 Å². The number of nitrogens with zero attached hydrogens (tertiary/aromatic N) is 1. The van der Waals surface area contributed by atoms with Crippen LogP contribution in [0.2, 0.25) is 0 Å². The number of hydrogen-bond acceptors (Lipinski definition) is 3. The van der Waals surface area contributed by atoms with Gasteiger partial charge in [0.15, 0.2) is 0 Å². The van der Waals surface area contributed by atoms with Gasteiger partial charge >= 0.3 is 0 Å². The molecule has 0 spiro atoms. The Balaban J connectivity index is 1.17. The van der Waals surface area contributed by atoms with Crippen LogP contribution in [0.3, 0.4) is 0 Å². The van der Waals surface area contributed by atoms with Crippen LogP contribution in [0.1, 0.15) is 0 Å². The summed E-state index contributed by atoms with van der Waals surface area (Å²) in [5.41, 5.74) is 9.76. The van der Waals surface area contributed by atoms with Gasteiger partial charge in [0.25, 0.3) is 0 Å². The molecule has 3 heteroatoms. The molecule has 0 radical (unpaired) electrons. The van der Waals surface area contributed by atoms with Crippen molar-refractivity contribution in [1.82, 2.24) is 0 Å². The summed E-state index contributed by atoms with van der Waals surface area (Å²) in [5.74, 6) is 0. The van der Waals surface area contributed by atoms with E-state index in [0.717, 1.165) is 39.0 Å². The molecule has 0 fully saturated rings. The topological polar surface area (TPSA) is 16.4 Å². The standard InChI is InChI=1S/C46H29NOS/c1-2-11-31-26-34(23-22-30(31)10-1)32-12-7-14-36(27-32)47(41-18-9-20-43-46(41)40-17-3-5-19-42(40)48-43)37-15-8-13-33(28-37)35-24-25-39-38-16-4-6-21-44(38)49-45(39)29-35/h1-29H. The fourth-order valence-corrected chi connectivity index (χ4v) is 8.44. The van der Waals surface area contributed by atoms with Crippen molar-refractivity contribution in [3.05, 3.63) is 176 Å². The van der Waals surface area contributed by atoms with Gasteiger partial charge in [0, 0.05) is 36.9 Å². The average molecular weight is 644 g/mol. The zero-order chi connectivity index (χ0) is 32.3. The highest BCUT2D eigenvalue weighted by atomic mass is 32.1. The summed E-state index contributed by atoms with van der Waals surface area (Å²) in [6.07, 6.45) is 0. The van der Waals surface area contributed by atoms with Crippen LogP contribution in [0.25, 0.3) is 75.1 Å². The van der Waals surface area contributed by atoms with Gasteiger partial charge in [-0.15, -0.1) is 11.3 Å². The lowest BCUT2D eigenvalue weighted by atomic mass is 9.99. The summed E-state index contributed by atoms with van der Waals surface area (Å²) in [4.78, 5) is 2.39. The van der Waals surface area contributed by atoms with Crippen LogP contribution < -0.4 is 4.90 Å². The summed E-state index contributed by atoms with van der Waals surface area (Å²) < 4.78 is 9.01. The molecule has 10 rings (SSSR count). The lowest BCUT2D eigenvalue weighted by Crippen LogP contribution is -2.10. The normalized spacial score (nSPS) is 11.7. The van der Waals surface area contributed by atoms with Crippen molar-refractivity contribution < 1.29 is 4.42 Å². The van der Waals surface area contributed by atoms with Crippen LogP contribution in [0, 0.1) is 0 Å². The first-order chi connectivity index (χ1) is 24.3. The molecule has 0 bridgehead atoms. The van der Waals surface area contributed by atoms with Crippen LogP contribution in [0.15, 0.2) is 180 Å². The van der Waals surface area contributed by atoms with Gasteiger partial charge in [0.05, 0.1) is 11.1 Å². The van der Waals surface area contributed by atoms with E-state index in [1.54, 1.807) is 0 Å². The highest BCUT2D eigenvalue weighted by Gasteiger charge is 2.20. The average Bonchev–Trinajstić information content (AvgIpc) is 3.73.